The van der Waals surface area contributed by atoms with Gasteiger partial charge in [-0.2, -0.15) is 0 Å². The highest BCUT2D eigenvalue weighted by Crippen LogP contribution is 2.31. The third-order valence-corrected chi connectivity index (χ3v) is 4.59. The summed E-state index contributed by atoms with van der Waals surface area (Å²) in [5.74, 6) is 4.36. The van der Waals surface area contributed by atoms with E-state index >= 15 is 0 Å². The van der Waals surface area contributed by atoms with Crippen molar-refractivity contribution in [2.75, 3.05) is 17.7 Å². The molecule has 0 aliphatic heterocycles. The van der Waals surface area contributed by atoms with Crippen LogP contribution in [0.25, 0.3) is 0 Å². The number of alkyl halides is 1. The highest BCUT2D eigenvalue weighted by Gasteiger charge is 2.24. The van der Waals surface area contributed by atoms with Crippen LogP contribution in [0.3, 0.4) is 0 Å². The van der Waals surface area contributed by atoms with Crippen LogP contribution in [0.15, 0.2) is 6.07 Å². The first kappa shape index (κ1) is 15.6. The third kappa shape index (κ3) is 4.08. The molecule has 1 fully saturated rings. The van der Waals surface area contributed by atoms with Crippen LogP contribution >= 0.6 is 11.6 Å². The first-order chi connectivity index (χ1) is 9.60. The van der Waals surface area contributed by atoms with Gasteiger partial charge in [-0.3, -0.25) is 0 Å². The fourth-order valence-electron chi connectivity index (χ4n) is 2.93. The molecule has 2 rings (SSSR count). The monoisotopic (exact) mass is 295 g/mol. The van der Waals surface area contributed by atoms with E-state index in [1.165, 1.54) is 25.7 Å². The molecule has 3 nitrogen and oxygen atoms in total. The Morgan fingerprint density at radius 3 is 2.60 bits per heavy atom. The van der Waals surface area contributed by atoms with Gasteiger partial charge in [0.1, 0.15) is 11.6 Å². The van der Waals surface area contributed by atoms with Crippen molar-refractivity contribution in [3.8, 4) is 0 Å². The Kier molecular flexibility index (Phi) is 5.64. The van der Waals surface area contributed by atoms with Crippen molar-refractivity contribution >= 4 is 17.4 Å². The number of anilines is 1. The number of aromatic nitrogens is 2. The van der Waals surface area contributed by atoms with Crippen LogP contribution in [0.1, 0.15) is 57.0 Å². The van der Waals surface area contributed by atoms with Crippen LogP contribution in [0, 0.1) is 18.8 Å². The molecule has 1 heterocycles. The Morgan fingerprint density at radius 1 is 1.25 bits per heavy atom. The van der Waals surface area contributed by atoms with Gasteiger partial charge in [0.05, 0.1) is 0 Å². The molecule has 1 N–H and O–H groups in total. The van der Waals surface area contributed by atoms with Gasteiger partial charge in [0, 0.05) is 30.1 Å². The predicted octanol–water partition coefficient (Wildman–Crippen LogP) is 4.37. The maximum atomic E-state index is 6.10. The Morgan fingerprint density at radius 2 is 1.95 bits per heavy atom. The zero-order valence-electron chi connectivity index (χ0n) is 12.8. The van der Waals surface area contributed by atoms with E-state index in [2.05, 4.69) is 29.1 Å². The summed E-state index contributed by atoms with van der Waals surface area (Å²) < 4.78 is 0. The molecule has 1 aromatic rings. The lowest BCUT2D eigenvalue weighted by molar-refractivity contribution is 0.272. The first-order valence-electron chi connectivity index (χ1n) is 7.75. The van der Waals surface area contributed by atoms with E-state index in [-0.39, 0.29) is 0 Å². The van der Waals surface area contributed by atoms with Crippen molar-refractivity contribution < 1.29 is 0 Å². The topological polar surface area (TPSA) is 37.8 Å². The van der Waals surface area contributed by atoms with Gasteiger partial charge in [-0.25, -0.2) is 9.97 Å². The van der Waals surface area contributed by atoms with E-state index in [1.807, 2.05) is 13.0 Å². The summed E-state index contributed by atoms with van der Waals surface area (Å²) in [5, 5.41) is 3.51. The van der Waals surface area contributed by atoms with Crippen molar-refractivity contribution in [2.24, 2.45) is 11.8 Å². The summed E-state index contributed by atoms with van der Waals surface area (Å²) in [5.41, 5.74) is 1.03. The number of rotatable bonds is 5. The molecule has 0 aromatic carbocycles. The Balaban J connectivity index is 1.99. The van der Waals surface area contributed by atoms with Crippen molar-refractivity contribution in [1.29, 1.82) is 0 Å². The average Bonchev–Trinajstić information content (AvgIpc) is 2.44. The van der Waals surface area contributed by atoms with Crippen LogP contribution in [0.4, 0.5) is 5.82 Å². The molecule has 4 heteroatoms. The zero-order valence-corrected chi connectivity index (χ0v) is 13.6. The van der Waals surface area contributed by atoms with Crippen molar-refractivity contribution in [1.82, 2.24) is 9.97 Å². The van der Waals surface area contributed by atoms with E-state index in [0.29, 0.717) is 17.8 Å². The quantitative estimate of drug-likeness (QED) is 0.820. The molecule has 1 aliphatic carbocycles. The molecular weight excluding hydrogens is 270 g/mol. The Bertz CT molecular complexity index is 434. The van der Waals surface area contributed by atoms with Crippen molar-refractivity contribution in [3.05, 3.63) is 17.6 Å². The molecular formula is C16H26ClN3. The van der Waals surface area contributed by atoms with Gasteiger partial charge in [-0.15, -0.1) is 11.6 Å². The normalized spacial score (nSPS) is 23.1. The second kappa shape index (κ2) is 7.26. The van der Waals surface area contributed by atoms with Gasteiger partial charge < -0.3 is 5.32 Å². The van der Waals surface area contributed by atoms with Gasteiger partial charge in [-0.1, -0.05) is 26.7 Å². The molecule has 1 aromatic heterocycles. The van der Waals surface area contributed by atoms with Crippen molar-refractivity contribution in [3.63, 3.8) is 0 Å². The van der Waals surface area contributed by atoms with Crippen LogP contribution in [-0.2, 0) is 0 Å². The number of nitrogens with one attached hydrogen (secondary N) is 1. The summed E-state index contributed by atoms with van der Waals surface area (Å²) in [7, 11) is 0. The van der Waals surface area contributed by atoms with Crippen molar-refractivity contribution in [2.45, 2.75) is 52.4 Å². The van der Waals surface area contributed by atoms with Gasteiger partial charge in [0.25, 0.3) is 0 Å². The summed E-state index contributed by atoms with van der Waals surface area (Å²) in [6.07, 6.45) is 5.22. The number of aryl methyl sites for hydroxylation is 1. The summed E-state index contributed by atoms with van der Waals surface area (Å²) in [6, 6.07) is 2.03. The third-order valence-electron chi connectivity index (χ3n) is 4.20. The molecule has 0 bridgehead atoms. The van der Waals surface area contributed by atoms with E-state index in [4.69, 9.17) is 11.6 Å². The summed E-state index contributed by atoms with van der Waals surface area (Å²) in [4.78, 5) is 9.10. The zero-order chi connectivity index (χ0) is 14.5. The maximum absolute atomic E-state index is 6.10. The average molecular weight is 296 g/mol. The lowest BCUT2D eigenvalue weighted by Crippen LogP contribution is -2.27. The van der Waals surface area contributed by atoms with Gasteiger partial charge in [-0.05, 0) is 31.6 Å². The van der Waals surface area contributed by atoms with Crippen LogP contribution in [0.2, 0.25) is 0 Å². The minimum atomic E-state index is 0.362. The summed E-state index contributed by atoms with van der Waals surface area (Å²) in [6.45, 7) is 7.26. The van der Waals surface area contributed by atoms with E-state index < -0.39 is 0 Å². The molecule has 1 saturated carbocycles. The number of halogens is 1. The number of nitrogens with zero attached hydrogens (tertiary/aromatic N) is 2. The Labute approximate surface area is 127 Å². The molecule has 20 heavy (non-hydrogen) atoms. The fourth-order valence-corrected chi connectivity index (χ4v) is 3.34. The second-order valence-corrected chi connectivity index (χ2v) is 6.56. The molecule has 2 unspecified atom stereocenters. The molecule has 0 spiro atoms. The maximum Gasteiger partial charge on any atom is 0.133 e. The van der Waals surface area contributed by atoms with E-state index in [0.717, 1.165) is 29.8 Å². The number of hydrogen-bond donors (Lipinski definition) is 1. The fraction of sp³-hybridized carbons (Fsp3) is 0.750. The van der Waals surface area contributed by atoms with Crippen LogP contribution < -0.4 is 5.32 Å². The minimum Gasteiger partial charge on any atom is -0.370 e. The minimum absolute atomic E-state index is 0.362. The van der Waals surface area contributed by atoms with Crippen LogP contribution in [0.5, 0.6) is 0 Å². The molecule has 1 aliphatic rings. The molecule has 2 atom stereocenters. The van der Waals surface area contributed by atoms with E-state index in [9.17, 15) is 0 Å². The van der Waals surface area contributed by atoms with Crippen LogP contribution in [-0.4, -0.2) is 22.4 Å². The van der Waals surface area contributed by atoms with Gasteiger partial charge >= 0.3 is 0 Å². The lowest BCUT2D eigenvalue weighted by Gasteiger charge is -2.30. The molecule has 0 radical (unpaired) electrons. The van der Waals surface area contributed by atoms with Gasteiger partial charge in [0.15, 0.2) is 0 Å². The van der Waals surface area contributed by atoms with E-state index in [1.54, 1.807) is 0 Å². The summed E-state index contributed by atoms with van der Waals surface area (Å²) >= 11 is 6.10. The highest BCUT2D eigenvalue weighted by atomic mass is 35.5. The SMILES string of the molecule is Cc1cc(NCC2CCCCC2CCl)nc(C(C)C)n1. The standard InChI is InChI=1S/C16H26ClN3/c1-11(2)16-19-12(3)8-15(20-16)18-10-14-7-5-4-6-13(14)9-17/h8,11,13-14H,4-7,9-10H2,1-3H3,(H,18,19,20). The largest absolute Gasteiger partial charge is 0.370 e. The highest BCUT2D eigenvalue weighted by molar-refractivity contribution is 6.18. The second-order valence-electron chi connectivity index (χ2n) is 6.25. The molecule has 112 valence electrons. The lowest BCUT2D eigenvalue weighted by atomic mass is 9.80. The predicted molar refractivity (Wildman–Crippen MR) is 85.5 cm³/mol. The smallest absolute Gasteiger partial charge is 0.133 e. The van der Waals surface area contributed by atoms with Gasteiger partial charge in [0.2, 0.25) is 0 Å². The Hall–Kier alpha value is -0.830. The molecule has 0 amide bonds. The molecule has 0 saturated heterocycles. The first-order valence-corrected chi connectivity index (χ1v) is 8.29. The number of hydrogen-bond acceptors (Lipinski definition) is 3.